The van der Waals surface area contributed by atoms with E-state index < -0.39 is 22.9 Å². The number of carboxylic acids is 2. The molecule has 7 heteroatoms. The third kappa shape index (κ3) is 1.69. The first-order valence-corrected chi connectivity index (χ1v) is 2.06. The highest BCUT2D eigenvalue weighted by molar-refractivity contribution is 5.95. The van der Waals surface area contributed by atoms with Crippen LogP contribution in [0.3, 0.4) is 0 Å². The van der Waals surface area contributed by atoms with Gasteiger partial charge in [0, 0.05) is 4.92 Å². The molecule has 56 valence electrons. The van der Waals surface area contributed by atoms with Gasteiger partial charge in [-0.2, -0.15) is 0 Å². The zero-order valence-electron chi connectivity index (χ0n) is 4.55. The van der Waals surface area contributed by atoms with Gasteiger partial charge in [-0.25, -0.2) is 9.59 Å². The molecule has 0 spiro atoms. The number of hydrogen-bond donors (Lipinski definition) is 2. The molecule has 0 aliphatic rings. The van der Waals surface area contributed by atoms with Crippen LogP contribution in [0.4, 0.5) is 0 Å². The minimum atomic E-state index is -2.56. The summed E-state index contributed by atoms with van der Waals surface area (Å²) >= 11 is 0. The van der Waals surface area contributed by atoms with Crippen LogP contribution in [-0.2, 0) is 9.59 Å². The van der Waals surface area contributed by atoms with Crippen LogP contribution in [0.5, 0.6) is 0 Å². The smallest absolute Gasteiger partial charge is 0.401 e. The minimum Gasteiger partial charge on any atom is -0.476 e. The molecule has 0 bridgehead atoms. The van der Waals surface area contributed by atoms with Crippen LogP contribution in [0, 0.1) is 10.1 Å². The summed E-state index contributed by atoms with van der Waals surface area (Å²) in [4.78, 5) is 27.8. The van der Waals surface area contributed by atoms with Gasteiger partial charge in [-0.3, -0.25) is 10.1 Å². The van der Waals surface area contributed by atoms with Crippen LogP contribution in [0.15, 0.2) is 0 Å². The Morgan fingerprint density at radius 2 is 1.60 bits per heavy atom. The van der Waals surface area contributed by atoms with Crippen molar-refractivity contribution in [2.24, 2.45) is 0 Å². The maximum atomic E-state index is 9.76. The lowest BCUT2D eigenvalue weighted by Gasteiger charge is -1.95. The Hall–Kier alpha value is -1.66. The van der Waals surface area contributed by atoms with E-state index in [2.05, 4.69) is 0 Å². The lowest BCUT2D eigenvalue weighted by atomic mass is 10.3. The summed E-state index contributed by atoms with van der Waals surface area (Å²) in [7, 11) is 0. The van der Waals surface area contributed by atoms with Crippen molar-refractivity contribution in [2.45, 2.75) is 6.04 Å². The molecule has 0 aliphatic carbocycles. The molecule has 0 aromatic heterocycles. The van der Waals surface area contributed by atoms with E-state index in [0.29, 0.717) is 0 Å². The van der Waals surface area contributed by atoms with Gasteiger partial charge in [0.1, 0.15) is 0 Å². The van der Waals surface area contributed by atoms with Crippen LogP contribution in [0.2, 0.25) is 0 Å². The quantitative estimate of drug-likeness (QED) is 0.295. The zero-order valence-corrected chi connectivity index (χ0v) is 4.55. The second-order valence-corrected chi connectivity index (χ2v) is 1.36. The highest BCUT2D eigenvalue weighted by Crippen LogP contribution is 1.89. The normalized spacial score (nSPS) is 9.30. The molecule has 0 amide bonds. The first-order valence-electron chi connectivity index (χ1n) is 2.06. The van der Waals surface area contributed by atoms with E-state index in [1.165, 1.54) is 0 Å². The average Bonchev–Trinajstić information content (AvgIpc) is 1.59. The highest BCUT2D eigenvalue weighted by atomic mass is 16.6. The number of aliphatic carboxylic acids is 2. The lowest BCUT2D eigenvalue weighted by molar-refractivity contribution is -0.498. The molecule has 0 saturated heterocycles. The van der Waals surface area contributed by atoms with Crippen molar-refractivity contribution < 1.29 is 24.7 Å². The number of nitrogens with zero attached hydrogens (tertiary/aromatic N) is 1. The van der Waals surface area contributed by atoms with Crippen molar-refractivity contribution in [3.05, 3.63) is 10.1 Å². The van der Waals surface area contributed by atoms with E-state index in [-0.39, 0.29) is 0 Å². The third-order valence-corrected chi connectivity index (χ3v) is 0.679. The standard InChI is InChI=1S/C3H3NO6/c5-2(6)1(3(7)8)4(9)10/h1H,(H,5,6)(H,7,8). The van der Waals surface area contributed by atoms with Crippen molar-refractivity contribution in [1.29, 1.82) is 0 Å². The van der Waals surface area contributed by atoms with Crippen LogP contribution in [-0.4, -0.2) is 33.1 Å². The second-order valence-electron chi connectivity index (χ2n) is 1.36. The van der Waals surface area contributed by atoms with Gasteiger partial charge in [0.25, 0.3) is 0 Å². The summed E-state index contributed by atoms with van der Waals surface area (Å²) in [5.74, 6) is -3.95. The SMILES string of the molecule is O=C(O)C(C(=O)O)[N+](=O)[O-]. The number of carbonyl (C=O) groups is 2. The molecular formula is C3H3NO6. The van der Waals surface area contributed by atoms with Crippen LogP contribution < -0.4 is 0 Å². The molecule has 7 nitrogen and oxygen atoms in total. The van der Waals surface area contributed by atoms with E-state index in [0.717, 1.165) is 0 Å². The molecule has 0 radical (unpaired) electrons. The fraction of sp³-hybridized carbons (Fsp3) is 0.333. The zero-order chi connectivity index (χ0) is 8.31. The predicted octanol–water partition coefficient (Wildman–Crippen LogP) is -1.20. The van der Waals surface area contributed by atoms with Gasteiger partial charge >= 0.3 is 18.0 Å². The largest absolute Gasteiger partial charge is 0.476 e. The Labute approximate surface area is 54.0 Å². The Kier molecular flexibility index (Phi) is 2.30. The molecular weight excluding hydrogens is 146 g/mol. The number of hydrogen-bond acceptors (Lipinski definition) is 4. The van der Waals surface area contributed by atoms with Crippen molar-refractivity contribution in [3.63, 3.8) is 0 Å². The average molecular weight is 149 g/mol. The Morgan fingerprint density at radius 3 is 1.60 bits per heavy atom. The Bertz CT molecular complexity index is 152. The van der Waals surface area contributed by atoms with E-state index in [1.54, 1.807) is 0 Å². The van der Waals surface area contributed by atoms with Gasteiger partial charge in [0.05, 0.1) is 0 Å². The number of carboxylic acid groups (broad SMARTS) is 2. The molecule has 0 aromatic carbocycles. The van der Waals surface area contributed by atoms with E-state index in [4.69, 9.17) is 10.2 Å². The fourth-order valence-electron chi connectivity index (χ4n) is 0.286. The molecule has 0 aromatic rings. The highest BCUT2D eigenvalue weighted by Gasteiger charge is 2.37. The lowest BCUT2D eigenvalue weighted by Crippen LogP contribution is -2.37. The van der Waals surface area contributed by atoms with Gasteiger partial charge in [-0.05, 0) is 0 Å². The van der Waals surface area contributed by atoms with Gasteiger partial charge in [0.2, 0.25) is 0 Å². The maximum absolute atomic E-state index is 9.76. The molecule has 10 heavy (non-hydrogen) atoms. The molecule has 0 heterocycles. The fourth-order valence-corrected chi connectivity index (χ4v) is 0.286. The van der Waals surface area contributed by atoms with Crippen LogP contribution in [0.25, 0.3) is 0 Å². The molecule has 0 saturated carbocycles. The first-order chi connectivity index (χ1) is 4.46. The molecule has 0 fully saturated rings. The summed E-state index contributed by atoms with van der Waals surface area (Å²) in [5, 5.41) is 25.4. The van der Waals surface area contributed by atoms with Crippen molar-refractivity contribution >= 4 is 11.9 Å². The van der Waals surface area contributed by atoms with Gasteiger partial charge in [0.15, 0.2) is 0 Å². The Balaban J connectivity index is 4.43. The van der Waals surface area contributed by atoms with E-state index in [9.17, 15) is 19.7 Å². The topological polar surface area (TPSA) is 118 Å². The minimum absolute atomic E-state index is 1.38. The summed E-state index contributed by atoms with van der Waals surface area (Å²) in [6.45, 7) is 0. The van der Waals surface area contributed by atoms with Crippen molar-refractivity contribution in [3.8, 4) is 0 Å². The maximum Gasteiger partial charge on any atom is 0.401 e. The monoisotopic (exact) mass is 149 g/mol. The van der Waals surface area contributed by atoms with Crippen LogP contribution >= 0.6 is 0 Å². The molecule has 0 aliphatic heterocycles. The van der Waals surface area contributed by atoms with Crippen LogP contribution in [0.1, 0.15) is 0 Å². The predicted molar refractivity (Wildman–Crippen MR) is 26.1 cm³/mol. The number of rotatable bonds is 3. The van der Waals surface area contributed by atoms with Crippen molar-refractivity contribution in [2.75, 3.05) is 0 Å². The molecule has 0 unspecified atom stereocenters. The molecule has 2 N–H and O–H groups in total. The second kappa shape index (κ2) is 2.76. The van der Waals surface area contributed by atoms with Gasteiger partial charge < -0.3 is 10.2 Å². The first kappa shape index (κ1) is 8.34. The summed E-state index contributed by atoms with van der Waals surface area (Å²) in [5.41, 5.74) is 0. The van der Waals surface area contributed by atoms with E-state index >= 15 is 0 Å². The summed E-state index contributed by atoms with van der Waals surface area (Å²) in [6, 6.07) is -2.56. The molecule has 0 rings (SSSR count). The van der Waals surface area contributed by atoms with Gasteiger partial charge in [-0.15, -0.1) is 0 Å². The van der Waals surface area contributed by atoms with Crippen molar-refractivity contribution in [1.82, 2.24) is 0 Å². The Morgan fingerprint density at radius 1 is 1.30 bits per heavy atom. The summed E-state index contributed by atoms with van der Waals surface area (Å²) < 4.78 is 0. The number of nitro groups is 1. The third-order valence-electron chi connectivity index (χ3n) is 0.679. The summed E-state index contributed by atoms with van der Waals surface area (Å²) in [6.07, 6.45) is 0. The molecule has 0 atom stereocenters. The van der Waals surface area contributed by atoms with E-state index in [1.807, 2.05) is 0 Å². The van der Waals surface area contributed by atoms with Gasteiger partial charge in [-0.1, -0.05) is 0 Å².